The summed E-state index contributed by atoms with van der Waals surface area (Å²) >= 11 is 0. The zero-order valence-corrected chi connectivity index (χ0v) is 16.0. The van der Waals surface area contributed by atoms with E-state index in [0.29, 0.717) is 12.3 Å². The molecule has 138 valence electrons. The number of amides is 1. The monoisotopic (exact) mass is 344 g/mol. The summed E-state index contributed by atoms with van der Waals surface area (Å²) in [6.45, 7) is 9.30. The van der Waals surface area contributed by atoms with Crippen LogP contribution in [-0.2, 0) is 4.79 Å². The first-order chi connectivity index (χ1) is 12.0. The van der Waals surface area contributed by atoms with Gasteiger partial charge in [0, 0.05) is 43.9 Å². The fourth-order valence-electron chi connectivity index (χ4n) is 3.30. The molecule has 1 aromatic rings. The van der Waals surface area contributed by atoms with Crippen LogP contribution in [0.1, 0.15) is 63.2 Å². The van der Waals surface area contributed by atoms with E-state index in [2.05, 4.69) is 18.7 Å². The lowest BCUT2D eigenvalue weighted by atomic mass is 10.0. The largest absolute Gasteiger partial charge is 0.368 e. The van der Waals surface area contributed by atoms with E-state index in [-0.39, 0.29) is 5.78 Å². The maximum Gasteiger partial charge on any atom is 0.222 e. The number of unbranched alkanes of at least 4 members (excludes halogenated alkanes) is 2. The Bertz CT molecular complexity index is 575. The molecule has 0 spiro atoms. The Kier molecular flexibility index (Phi) is 7.48. The highest BCUT2D eigenvalue weighted by atomic mass is 16.2. The van der Waals surface area contributed by atoms with Crippen molar-refractivity contribution in [3.05, 3.63) is 29.8 Å². The van der Waals surface area contributed by atoms with E-state index in [1.807, 2.05) is 29.2 Å². The van der Waals surface area contributed by atoms with Crippen LogP contribution in [0, 0.1) is 5.92 Å². The lowest BCUT2D eigenvalue weighted by Crippen LogP contribution is -2.48. The van der Waals surface area contributed by atoms with Crippen LogP contribution in [0.3, 0.4) is 0 Å². The third-order valence-corrected chi connectivity index (χ3v) is 4.92. The Morgan fingerprint density at radius 3 is 2.40 bits per heavy atom. The number of Topliss-reactive ketones (excluding diaryl/α,β-unsaturated/α-hetero) is 1. The number of piperazine rings is 1. The Labute approximate surface area is 152 Å². The Hall–Kier alpha value is -1.84. The average Bonchev–Trinajstić information content (AvgIpc) is 2.61. The average molecular weight is 344 g/mol. The molecular weight excluding hydrogens is 312 g/mol. The lowest BCUT2D eigenvalue weighted by Gasteiger charge is -2.36. The van der Waals surface area contributed by atoms with Crippen molar-refractivity contribution in [3.8, 4) is 0 Å². The highest BCUT2D eigenvalue weighted by molar-refractivity contribution is 5.95. The molecule has 1 aliphatic rings. The summed E-state index contributed by atoms with van der Waals surface area (Å²) in [4.78, 5) is 28.1. The molecule has 1 heterocycles. The van der Waals surface area contributed by atoms with Crippen molar-refractivity contribution < 1.29 is 9.59 Å². The molecule has 0 unspecified atom stereocenters. The van der Waals surface area contributed by atoms with Gasteiger partial charge in [-0.1, -0.05) is 45.2 Å². The van der Waals surface area contributed by atoms with E-state index >= 15 is 0 Å². The van der Waals surface area contributed by atoms with Gasteiger partial charge in [-0.15, -0.1) is 0 Å². The molecule has 0 atom stereocenters. The highest BCUT2D eigenvalue weighted by Crippen LogP contribution is 2.19. The number of benzene rings is 1. The van der Waals surface area contributed by atoms with Gasteiger partial charge < -0.3 is 9.80 Å². The van der Waals surface area contributed by atoms with Crippen LogP contribution in [0.2, 0.25) is 0 Å². The molecule has 4 nitrogen and oxygen atoms in total. The number of carbonyl (C=O) groups is 2. The minimum atomic E-state index is 0.0909. The zero-order chi connectivity index (χ0) is 18.2. The van der Waals surface area contributed by atoms with Gasteiger partial charge in [-0.2, -0.15) is 0 Å². The summed E-state index contributed by atoms with van der Waals surface area (Å²) in [5.74, 6) is 1.14. The summed E-state index contributed by atoms with van der Waals surface area (Å²) in [6.07, 6.45) is 5.32. The van der Waals surface area contributed by atoms with Gasteiger partial charge in [0.2, 0.25) is 5.91 Å². The quantitative estimate of drug-likeness (QED) is 0.525. The smallest absolute Gasteiger partial charge is 0.222 e. The van der Waals surface area contributed by atoms with Crippen LogP contribution in [-0.4, -0.2) is 42.8 Å². The first-order valence-corrected chi connectivity index (χ1v) is 9.61. The molecule has 0 aromatic heterocycles. The molecule has 2 rings (SSSR count). The number of hydrogen-bond donors (Lipinski definition) is 0. The maximum atomic E-state index is 12.3. The van der Waals surface area contributed by atoms with E-state index in [0.717, 1.165) is 56.2 Å². The number of anilines is 1. The first kappa shape index (κ1) is 19.5. The van der Waals surface area contributed by atoms with Crippen LogP contribution < -0.4 is 4.90 Å². The standard InChI is InChI=1S/C21H32N2O2/c1-17(2)8-5-4-6-11-21(25)23-14-12-22(13-15-23)20-10-7-9-19(16-20)18(3)24/h7,9-10,16-17H,4-6,8,11-15H2,1-3H3. The summed E-state index contributed by atoms with van der Waals surface area (Å²) in [5, 5.41) is 0. The number of carbonyl (C=O) groups excluding carboxylic acids is 2. The lowest BCUT2D eigenvalue weighted by molar-refractivity contribution is -0.131. The van der Waals surface area contributed by atoms with Gasteiger partial charge in [-0.3, -0.25) is 9.59 Å². The van der Waals surface area contributed by atoms with Crippen molar-refractivity contribution in [2.75, 3.05) is 31.1 Å². The van der Waals surface area contributed by atoms with Crippen molar-refractivity contribution in [1.82, 2.24) is 4.90 Å². The van der Waals surface area contributed by atoms with Gasteiger partial charge in [-0.25, -0.2) is 0 Å². The van der Waals surface area contributed by atoms with E-state index < -0.39 is 0 Å². The predicted molar refractivity (Wildman–Crippen MR) is 103 cm³/mol. The molecule has 1 saturated heterocycles. The van der Waals surface area contributed by atoms with Crippen molar-refractivity contribution in [2.45, 2.75) is 52.9 Å². The van der Waals surface area contributed by atoms with Gasteiger partial charge in [0.1, 0.15) is 0 Å². The second-order valence-corrected chi connectivity index (χ2v) is 7.47. The summed E-state index contributed by atoms with van der Waals surface area (Å²) < 4.78 is 0. The third-order valence-electron chi connectivity index (χ3n) is 4.92. The number of rotatable bonds is 8. The first-order valence-electron chi connectivity index (χ1n) is 9.61. The molecule has 1 amide bonds. The molecule has 1 aliphatic heterocycles. The highest BCUT2D eigenvalue weighted by Gasteiger charge is 2.21. The molecule has 0 aliphatic carbocycles. The van der Waals surface area contributed by atoms with Gasteiger partial charge in [0.25, 0.3) is 0 Å². The van der Waals surface area contributed by atoms with Crippen molar-refractivity contribution in [2.24, 2.45) is 5.92 Å². The molecule has 25 heavy (non-hydrogen) atoms. The van der Waals surface area contributed by atoms with Crippen LogP contribution in [0.4, 0.5) is 5.69 Å². The Morgan fingerprint density at radius 2 is 1.76 bits per heavy atom. The van der Waals surface area contributed by atoms with Gasteiger partial charge in [-0.05, 0) is 31.4 Å². The normalized spacial score (nSPS) is 14.9. The number of hydrogen-bond acceptors (Lipinski definition) is 3. The van der Waals surface area contributed by atoms with Crippen LogP contribution in [0.5, 0.6) is 0 Å². The van der Waals surface area contributed by atoms with Crippen molar-refractivity contribution in [3.63, 3.8) is 0 Å². The number of nitrogens with zero attached hydrogens (tertiary/aromatic N) is 2. The molecule has 0 bridgehead atoms. The maximum absolute atomic E-state index is 12.3. The third kappa shape index (κ3) is 6.18. The molecule has 4 heteroatoms. The van der Waals surface area contributed by atoms with Crippen LogP contribution in [0.15, 0.2) is 24.3 Å². The Balaban J connectivity index is 1.74. The SMILES string of the molecule is CC(=O)c1cccc(N2CCN(C(=O)CCCCCC(C)C)CC2)c1. The van der Waals surface area contributed by atoms with Crippen molar-refractivity contribution >= 4 is 17.4 Å². The van der Waals surface area contributed by atoms with Gasteiger partial charge >= 0.3 is 0 Å². The van der Waals surface area contributed by atoms with Gasteiger partial charge in [0.05, 0.1) is 0 Å². The van der Waals surface area contributed by atoms with E-state index in [1.165, 1.54) is 12.8 Å². The fourth-order valence-corrected chi connectivity index (χ4v) is 3.30. The molecular formula is C21H32N2O2. The second-order valence-electron chi connectivity index (χ2n) is 7.47. The van der Waals surface area contributed by atoms with Crippen molar-refractivity contribution in [1.29, 1.82) is 0 Å². The zero-order valence-electron chi connectivity index (χ0n) is 16.0. The van der Waals surface area contributed by atoms with Crippen LogP contribution in [0.25, 0.3) is 0 Å². The van der Waals surface area contributed by atoms with Crippen LogP contribution >= 0.6 is 0 Å². The molecule has 0 radical (unpaired) electrons. The molecule has 1 fully saturated rings. The second kappa shape index (κ2) is 9.59. The fraction of sp³-hybridized carbons (Fsp3) is 0.619. The summed E-state index contributed by atoms with van der Waals surface area (Å²) in [6, 6.07) is 7.78. The van der Waals surface area contributed by atoms with E-state index in [4.69, 9.17) is 0 Å². The summed E-state index contributed by atoms with van der Waals surface area (Å²) in [7, 11) is 0. The van der Waals surface area contributed by atoms with Gasteiger partial charge in [0.15, 0.2) is 5.78 Å². The number of ketones is 1. The minimum absolute atomic E-state index is 0.0909. The molecule has 0 saturated carbocycles. The molecule has 1 aromatic carbocycles. The van der Waals surface area contributed by atoms with E-state index in [1.54, 1.807) is 6.92 Å². The predicted octanol–water partition coefficient (Wildman–Crippen LogP) is 4.14. The van der Waals surface area contributed by atoms with E-state index in [9.17, 15) is 9.59 Å². The topological polar surface area (TPSA) is 40.6 Å². The minimum Gasteiger partial charge on any atom is -0.368 e. The Morgan fingerprint density at radius 1 is 1.04 bits per heavy atom. The molecule has 0 N–H and O–H groups in total. The summed E-state index contributed by atoms with van der Waals surface area (Å²) in [5.41, 5.74) is 1.82.